The number of methoxy groups -OCH3 is 1. The lowest BCUT2D eigenvalue weighted by Gasteiger charge is -2.33. The average Bonchev–Trinajstić information content (AvgIpc) is 2.39. The summed E-state index contributed by atoms with van der Waals surface area (Å²) in [5.41, 5.74) is 0.167. The van der Waals surface area contributed by atoms with E-state index in [4.69, 9.17) is 11.2 Å². The van der Waals surface area contributed by atoms with Gasteiger partial charge in [-0.15, -0.1) is 12.3 Å². The number of carbonyl (C=O) groups excluding carboxylic acids is 1. The molecule has 0 saturated heterocycles. The van der Waals surface area contributed by atoms with Gasteiger partial charge in [-0.3, -0.25) is 4.79 Å². The normalized spacial score (nSPS) is 24.3. The number of hydrogen-bond acceptors (Lipinski definition) is 3. The zero-order valence-corrected chi connectivity index (χ0v) is 11.7. The van der Waals surface area contributed by atoms with Crippen molar-refractivity contribution in [3.05, 3.63) is 24.0 Å². The van der Waals surface area contributed by atoms with Gasteiger partial charge >= 0.3 is 0 Å². The molecule has 0 bridgehead atoms. The van der Waals surface area contributed by atoms with E-state index < -0.39 is 11.5 Å². The molecule has 0 aromatic rings. The van der Waals surface area contributed by atoms with E-state index in [9.17, 15) is 9.90 Å². The van der Waals surface area contributed by atoms with Crippen LogP contribution in [0.4, 0.5) is 0 Å². The molecule has 0 saturated carbocycles. The number of ether oxygens (including phenoxy) is 1. The molecule has 0 aromatic heterocycles. The highest BCUT2D eigenvalue weighted by Gasteiger charge is 2.39. The van der Waals surface area contributed by atoms with E-state index in [1.54, 1.807) is 20.1 Å². The van der Waals surface area contributed by atoms with Crippen molar-refractivity contribution in [1.29, 1.82) is 0 Å². The van der Waals surface area contributed by atoms with Crippen molar-refractivity contribution in [3.63, 3.8) is 0 Å². The van der Waals surface area contributed by atoms with E-state index >= 15 is 0 Å². The molecule has 0 fully saturated rings. The largest absolute Gasteiger partial charge is 0.501 e. The molecular formula is C16H22O3. The standard InChI is InChI=1S/C16H22O3/c1-5-8-16(10-7-14(17)12(2)3)9-6-13(19-4)11-15(16)18/h1,11,14,17H,2,6-10H2,3-4H3/t14-,16+/m0/s1. The monoisotopic (exact) mass is 262 g/mol. The first kappa shape index (κ1) is 15.5. The number of hydrogen-bond donors (Lipinski definition) is 1. The molecule has 2 atom stereocenters. The summed E-state index contributed by atoms with van der Waals surface area (Å²) in [5, 5.41) is 9.82. The van der Waals surface area contributed by atoms with Gasteiger partial charge in [-0.25, -0.2) is 0 Å². The smallest absolute Gasteiger partial charge is 0.166 e. The predicted octanol–water partition coefficient (Wildman–Crippen LogP) is 2.61. The SMILES string of the molecule is C#CC[C@]1(CC[C@H](O)C(=C)C)CCC(OC)=CC1=O. The number of ketones is 1. The lowest BCUT2D eigenvalue weighted by molar-refractivity contribution is -0.125. The van der Waals surface area contributed by atoms with E-state index in [0.717, 1.165) is 0 Å². The van der Waals surface area contributed by atoms with Crippen molar-refractivity contribution in [3.8, 4) is 12.3 Å². The van der Waals surface area contributed by atoms with Crippen molar-refractivity contribution in [2.45, 2.75) is 45.1 Å². The first-order chi connectivity index (χ1) is 8.95. The highest BCUT2D eigenvalue weighted by Crippen LogP contribution is 2.40. The fourth-order valence-electron chi connectivity index (χ4n) is 2.39. The van der Waals surface area contributed by atoms with E-state index in [1.165, 1.54) is 0 Å². The molecule has 0 heterocycles. The van der Waals surface area contributed by atoms with Crippen LogP contribution in [-0.2, 0) is 9.53 Å². The van der Waals surface area contributed by atoms with Crippen LogP contribution in [0, 0.1) is 17.8 Å². The molecule has 1 aliphatic carbocycles. The van der Waals surface area contributed by atoms with Crippen molar-refractivity contribution < 1.29 is 14.6 Å². The fraction of sp³-hybridized carbons (Fsp3) is 0.562. The van der Waals surface area contributed by atoms with E-state index in [0.29, 0.717) is 43.4 Å². The Hall–Kier alpha value is -1.53. The van der Waals surface area contributed by atoms with E-state index in [-0.39, 0.29) is 5.78 Å². The van der Waals surface area contributed by atoms with Crippen LogP contribution in [0.5, 0.6) is 0 Å². The molecule has 104 valence electrons. The van der Waals surface area contributed by atoms with E-state index in [1.807, 2.05) is 0 Å². The molecule has 0 amide bonds. The van der Waals surface area contributed by atoms with Crippen LogP contribution in [-0.4, -0.2) is 24.1 Å². The maximum Gasteiger partial charge on any atom is 0.166 e. The summed E-state index contributed by atoms with van der Waals surface area (Å²) in [6.45, 7) is 5.51. The van der Waals surface area contributed by atoms with Gasteiger partial charge in [0.2, 0.25) is 0 Å². The van der Waals surface area contributed by atoms with Gasteiger partial charge in [0.25, 0.3) is 0 Å². The first-order valence-corrected chi connectivity index (χ1v) is 6.51. The lowest BCUT2D eigenvalue weighted by atomic mass is 9.69. The zero-order chi connectivity index (χ0) is 14.5. The number of carbonyl (C=O) groups is 1. The molecule has 0 radical (unpaired) electrons. The quantitative estimate of drug-likeness (QED) is 0.591. The minimum absolute atomic E-state index is 0.0162. The van der Waals surface area contributed by atoms with Gasteiger partial charge in [0.15, 0.2) is 5.78 Å². The highest BCUT2D eigenvalue weighted by atomic mass is 16.5. The number of allylic oxidation sites excluding steroid dienone is 2. The first-order valence-electron chi connectivity index (χ1n) is 6.51. The van der Waals surface area contributed by atoms with Crippen LogP contribution >= 0.6 is 0 Å². The molecule has 0 aliphatic heterocycles. The van der Waals surface area contributed by atoms with Gasteiger partial charge in [-0.1, -0.05) is 12.2 Å². The summed E-state index contributed by atoms with van der Waals surface area (Å²) in [6, 6.07) is 0. The topological polar surface area (TPSA) is 46.5 Å². The average molecular weight is 262 g/mol. The van der Waals surface area contributed by atoms with Gasteiger partial charge in [0.05, 0.1) is 19.0 Å². The summed E-state index contributed by atoms with van der Waals surface area (Å²) >= 11 is 0. The third kappa shape index (κ3) is 3.71. The Morgan fingerprint density at radius 2 is 2.42 bits per heavy atom. The Kier molecular flexibility index (Phi) is 5.38. The lowest BCUT2D eigenvalue weighted by Crippen LogP contribution is -2.34. The molecule has 0 spiro atoms. The summed E-state index contributed by atoms with van der Waals surface area (Å²) in [6.07, 6.45) is 9.27. The Bertz CT molecular complexity index is 428. The van der Waals surface area contributed by atoms with Crippen LogP contribution in [0.3, 0.4) is 0 Å². The van der Waals surface area contributed by atoms with Crippen molar-refractivity contribution >= 4 is 5.78 Å². The van der Waals surface area contributed by atoms with Crippen LogP contribution in [0.1, 0.15) is 39.0 Å². The Labute approximate surface area is 115 Å². The predicted molar refractivity (Wildman–Crippen MR) is 75.3 cm³/mol. The third-order valence-electron chi connectivity index (χ3n) is 3.83. The second-order valence-electron chi connectivity index (χ2n) is 5.24. The van der Waals surface area contributed by atoms with Gasteiger partial charge in [0, 0.05) is 24.3 Å². The van der Waals surface area contributed by atoms with Crippen LogP contribution in [0.25, 0.3) is 0 Å². The van der Waals surface area contributed by atoms with Crippen molar-refractivity contribution in [1.82, 2.24) is 0 Å². The number of aliphatic hydroxyl groups excluding tert-OH is 1. The summed E-state index contributed by atoms with van der Waals surface area (Å²) in [4.78, 5) is 12.3. The van der Waals surface area contributed by atoms with Gasteiger partial charge in [-0.05, 0) is 26.2 Å². The fourth-order valence-corrected chi connectivity index (χ4v) is 2.39. The molecule has 1 N–H and O–H groups in total. The maximum atomic E-state index is 12.3. The maximum absolute atomic E-state index is 12.3. The minimum Gasteiger partial charge on any atom is -0.501 e. The van der Waals surface area contributed by atoms with Gasteiger partial charge in [-0.2, -0.15) is 0 Å². The molecule has 3 nitrogen and oxygen atoms in total. The molecule has 1 rings (SSSR count). The third-order valence-corrected chi connectivity index (χ3v) is 3.83. The number of aliphatic hydroxyl groups is 1. The van der Waals surface area contributed by atoms with Crippen LogP contribution in [0.15, 0.2) is 24.0 Å². The molecular weight excluding hydrogens is 240 g/mol. The Balaban J connectivity index is 2.82. The van der Waals surface area contributed by atoms with E-state index in [2.05, 4.69) is 12.5 Å². The Morgan fingerprint density at radius 1 is 1.74 bits per heavy atom. The molecule has 0 aromatic carbocycles. The van der Waals surface area contributed by atoms with Gasteiger partial charge < -0.3 is 9.84 Å². The number of terminal acetylenes is 1. The summed E-state index contributed by atoms with van der Waals surface area (Å²) in [7, 11) is 1.57. The van der Waals surface area contributed by atoms with Gasteiger partial charge in [0.1, 0.15) is 0 Å². The van der Waals surface area contributed by atoms with Crippen molar-refractivity contribution in [2.75, 3.05) is 7.11 Å². The molecule has 19 heavy (non-hydrogen) atoms. The molecule has 1 aliphatic rings. The number of rotatable bonds is 6. The molecule has 0 unspecified atom stereocenters. The van der Waals surface area contributed by atoms with Crippen molar-refractivity contribution in [2.24, 2.45) is 5.41 Å². The summed E-state index contributed by atoms with van der Waals surface area (Å²) < 4.78 is 5.12. The highest BCUT2D eigenvalue weighted by molar-refractivity contribution is 5.96. The van der Waals surface area contributed by atoms with Crippen LogP contribution < -0.4 is 0 Å². The molecule has 3 heteroatoms. The second-order valence-corrected chi connectivity index (χ2v) is 5.24. The Morgan fingerprint density at radius 3 is 2.89 bits per heavy atom. The minimum atomic E-state index is -0.574. The zero-order valence-electron chi connectivity index (χ0n) is 11.7. The van der Waals surface area contributed by atoms with Crippen LogP contribution in [0.2, 0.25) is 0 Å². The summed E-state index contributed by atoms with van der Waals surface area (Å²) in [5.74, 6) is 3.32. The second kappa shape index (κ2) is 6.58.